The lowest BCUT2D eigenvalue weighted by molar-refractivity contribution is 0.307. The number of methoxy groups -OCH3 is 1. The van der Waals surface area contributed by atoms with Crippen LogP contribution in [0.25, 0.3) is 5.57 Å². The molecule has 1 rings (SSSR count). The van der Waals surface area contributed by atoms with Crippen molar-refractivity contribution in [1.29, 1.82) is 0 Å². The van der Waals surface area contributed by atoms with Gasteiger partial charge in [0, 0.05) is 5.57 Å². The molecule has 0 radical (unpaired) electrons. The summed E-state index contributed by atoms with van der Waals surface area (Å²) in [6, 6.07) is 10.1. The molecule has 1 aromatic rings. The number of ether oxygens (including phenoxy) is 1. The Morgan fingerprint density at radius 2 is 1.71 bits per heavy atom. The van der Waals surface area contributed by atoms with Crippen molar-refractivity contribution in [3.05, 3.63) is 53.8 Å². The van der Waals surface area contributed by atoms with Gasteiger partial charge in [-0.3, -0.25) is 0 Å². The fraction of sp³-hybridized carbons (Fsp3) is 0.231. The summed E-state index contributed by atoms with van der Waals surface area (Å²) in [5.74, 6) is 0.871. The summed E-state index contributed by atoms with van der Waals surface area (Å²) < 4.78 is 5.31. The fourth-order valence-corrected chi connectivity index (χ4v) is 1.40. The Labute approximate surface area is 85.7 Å². The highest BCUT2D eigenvalue weighted by Gasteiger charge is 2.06. The first-order valence-corrected chi connectivity index (χ1v) is 4.63. The molecule has 0 amide bonds. The monoisotopic (exact) mass is 188 g/mol. The summed E-state index contributed by atoms with van der Waals surface area (Å²) in [4.78, 5) is 0. The molecule has 0 aromatic heterocycles. The SMILES string of the molecule is C=C(C(OC)=C(C)C)c1ccccc1. The lowest BCUT2D eigenvalue weighted by Crippen LogP contribution is -1.93. The minimum Gasteiger partial charge on any atom is -0.496 e. The van der Waals surface area contributed by atoms with Crippen LogP contribution >= 0.6 is 0 Å². The molecule has 0 spiro atoms. The molecule has 1 heteroatoms. The Balaban J connectivity index is 3.02. The molecule has 1 aromatic carbocycles. The molecule has 0 bridgehead atoms. The average Bonchev–Trinajstić information content (AvgIpc) is 2.19. The fourth-order valence-electron chi connectivity index (χ4n) is 1.40. The van der Waals surface area contributed by atoms with Gasteiger partial charge in [-0.05, 0) is 25.0 Å². The summed E-state index contributed by atoms with van der Waals surface area (Å²) in [5.41, 5.74) is 3.18. The Kier molecular flexibility index (Phi) is 3.52. The molecule has 0 aliphatic carbocycles. The Morgan fingerprint density at radius 3 is 2.14 bits per heavy atom. The molecular weight excluding hydrogens is 172 g/mol. The molecule has 0 atom stereocenters. The number of allylic oxidation sites excluding steroid dienone is 2. The predicted molar refractivity (Wildman–Crippen MR) is 60.9 cm³/mol. The van der Waals surface area contributed by atoms with E-state index in [9.17, 15) is 0 Å². The lowest BCUT2D eigenvalue weighted by atomic mass is 10.0. The first-order valence-electron chi connectivity index (χ1n) is 4.63. The molecule has 0 saturated heterocycles. The molecular formula is C13H16O. The Bertz CT molecular complexity index is 343. The first-order chi connectivity index (χ1) is 6.66. The van der Waals surface area contributed by atoms with Crippen LogP contribution in [-0.4, -0.2) is 7.11 Å². The van der Waals surface area contributed by atoms with Gasteiger partial charge in [0.25, 0.3) is 0 Å². The maximum atomic E-state index is 5.31. The molecule has 0 fully saturated rings. The average molecular weight is 188 g/mol. The van der Waals surface area contributed by atoms with Gasteiger partial charge in [0.2, 0.25) is 0 Å². The van der Waals surface area contributed by atoms with Gasteiger partial charge >= 0.3 is 0 Å². The van der Waals surface area contributed by atoms with Crippen LogP contribution in [-0.2, 0) is 4.74 Å². The van der Waals surface area contributed by atoms with Gasteiger partial charge < -0.3 is 4.74 Å². The minimum absolute atomic E-state index is 0.871. The molecule has 0 aliphatic heterocycles. The van der Waals surface area contributed by atoms with Crippen molar-refractivity contribution in [3.8, 4) is 0 Å². The lowest BCUT2D eigenvalue weighted by Gasteiger charge is -2.11. The zero-order chi connectivity index (χ0) is 10.6. The summed E-state index contributed by atoms with van der Waals surface area (Å²) in [5, 5.41) is 0. The van der Waals surface area contributed by atoms with Crippen LogP contribution in [0.2, 0.25) is 0 Å². The van der Waals surface area contributed by atoms with Crippen LogP contribution < -0.4 is 0 Å². The van der Waals surface area contributed by atoms with Crippen LogP contribution in [0, 0.1) is 0 Å². The Morgan fingerprint density at radius 1 is 1.14 bits per heavy atom. The van der Waals surface area contributed by atoms with Crippen molar-refractivity contribution in [2.75, 3.05) is 7.11 Å². The summed E-state index contributed by atoms with van der Waals surface area (Å²) in [7, 11) is 1.68. The second-order valence-electron chi connectivity index (χ2n) is 3.38. The quantitative estimate of drug-likeness (QED) is 0.519. The van der Waals surface area contributed by atoms with Gasteiger partial charge in [-0.25, -0.2) is 0 Å². The van der Waals surface area contributed by atoms with Crippen molar-refractivity contribution < 1.29 is 4.74 Å². The molecule has 0 heterocycles. The molecule has 0 N–H and O–H groups in total. The summed E-state index contributed by atoms with van der Waals surface area (Å²) in [6.45, 7) is 8.08. The van der Waals surface area contributed by atoms with E-state index in [-0.39, 0.29) is 0 Å². The highest BCUT2D eigenvalue weighted by Crippen LogP contribution is 2.23. The maximum absolute atomic E-state index is 5.31. The van der Waals surface area contributed by atoms with Gasteiger partial charge in [-0.1, -0.05) is 36.9 Å². The highest BCUT2D eigenvalue weighted by atomic mass is 16.5. The molecule has 0 saturated carbocycles. The highest BCUT2D eigenvalue weighted by molar-refractivity contribution is 5.75. The van der Waals surface area contributed by atoms with E-state index >= 15 is 0 Å². The molecule has 0 aliphatic rings. The molecule has 74 valence electrons. The number of hydrogen-bond acceptors (Lipinski definition) is 1. The standard InChI is InChI=1S/C13H16O/c1-10(2)13(14-4)11(3)12-8-6-5-7-9-12/h5-9H,3H2,1-2,4H3. The first kappa shape index (κ1) is 10.6. The molecule has 0 unspecified atom stereocenters. The van der Waals surface area contributed by atoms with Gasteiger partial charge in [0.1, 0.15) is 5.76 Å². The summed E-state index contributed by atoms with van der Waals surface area (Å²) >= 11 is 0. The van der Waals surface area contributed by atoms with Gasteiger partial charge in [0.15, 0.2) is 0 Å². The predicted octanol–water partition coefficient (Wildman–Crippen LogP) is 3.64. The smallest absolute Gasteiger partial charge is 0.124 e. The van der Waals surface area contributed by atoms with Crippen LogP contribution in [0.1, 0.15) is 19.4 Å². The van der Waals surface area contributed by atoms with Gasteiger partial charge in [-0.2, -0.15) is 0 Å². The zero-order valence-corrected chi connectivity index (χ0v) is 9.00. The maximum Gasteiger partial charge on any atom is 0.124 e. The Hall–Kier alpha value is -1.50. The second kappa shape index (κ2) is 4.66. The minimum atomic E-state index is 0.871. The third-order valence-corrected chi connectivity index (χ3v) is 2.05. The van der Waals surface area contributed by atoms with E-state index in [0.29, 0.717) is 0 Å². The number of rotatable bonds is 3. The van der Waals surface area contributed by atoms with E-state index < -0.39 is 0 Å². The van der Waals surface area contributed by atoms with Crippen LogP contribution in [0.5, 0.6) is 0 Å². The van der Waals surface area contributed by atoms with Gasteiger partial charge in [-0.15, -0.1) is 0 Å². The van der Waals surface area contributed by atoms with Crippen molar-refractivity contribution in [2.24, 2.45) is 0 Å². The normalized spacial score (nSPS) is 9.36. The van der Waals surface area contributed by atoms with Crippen molar-refractivity contribution in [3.63, 3.8) is 0 Å². The van der Waals surface area contributed by atoms with E-state index in [2.05, 4.69) is 6.58 Å². The third kappa shape index (κ3) is 2.25. The van der Waals surface area contributed by atoms with E-state index in [4.69, 9.17) is 4.74 Å². The van der Waals surface area contributed by atoms with Crippen molar-refractivity contribution in [2.45, 2.75) is 13.8 Å². The molecule has 1 nitrogen and oxygen atoms in total. The van der Waals surface area contributed by atoms with Crippen LogP contribution in [0.15, 0.2) is 48.2 Å². The van der Waals surface area contributed by atoms with Gasteiger partial charge in [0.05, 0.1) is 7.11 Å². The van der Waals surface area contributed by atoms with E-state index in [1.807, 2.05) is 44.2 Å². The van der Waals surface area contributed by atoms with Crippen LogP contribution in [0.3, 0.4) is 0 Å². The van der Waals surface area contributed by atoms with Crippen molar-refractivity contribution >= 4 is 5.57 Å². The van der Waals surface area contributed by atoms with E-state index in [1.165, 1.54) is 0 Å². The number of benzene rings is 1. The van der Waals surface area contributed by atoms with E-state index in [0.717, 1.165) is 22.5 Å². The zero-order valence-electron chi connectivity index (χ0n) is 9.00. The molecule has 14 heavy (non-hydrogen) atoms. The van der Waals surface area contributed by atoms with Crippen molar-refractivity contribution in [1.82, 2.24) is 0 Å². The third-order valence-electron chi connectivity index (χ3n) is 2.05. The van der Waals surface area contributed by atoms with E-state index in [1.54, 1.807) is 7.11 Å². The topological polar surface area (TPSA) is 9.23 Å². The number of hydrogen-bond donors (Lipinski definition) is 0. The largest absolute Gasteiger partial charge is 0.496 e. The summed E-state index contributed by atoms with van der Waals surface area (Å²) in [6.07, 6.45) is 0. The van der Waals surface area contributed by atoms with Crippen LogP contribution in [0.4, 0.5) is 0 Å². The second-order valence-corrected chi connectivity index (χ2v) is 3.38.